The van der Waals surface area contributed by atoms with E-state index in [9.17, 15) is 0 Å². The van der Waals surface area contributed by atoms with E-state index in [-0.39, 0.29) is 0 Å². The molecule has 1 nitrogen and oxygen atoms in total. The number of benzene rings is 2. The topological polar surface area (TPSA) is 3.24 Å². The minimum absolute atomic E-state index is 0.638. The molecule has 0 amide bonds. The normalized spacial score (nSPS) is 26.7. The third-order valence-electron chi connectivity index (χ3n) is 4.86. The molecule has 1 heteroatoms. The van der Waals surface area contributed by atoms with E-state index in [1.165, 1.54) is 24.0 Å². The highest BCUT2D eigenvalue weighted by atomic mass is 15.2. The summed E-state index contributed by atoms with van der Waals surface area (Å²) in [5.74, 6) is 0.711. The Kier molecular flexibility index (Phi) is 4.40. The van der Waals surface area contributed by atoms with Crippen LogP contribution in [0.5, 0.6) is 0 Å². The van der Waals surface area contributed by atoms with Gasteiger partial charge in [0.25, 0.3) is 0 Å². The van der Waals surface area contributed by atoms with Gasteiger partial charge in [-0.15, -0.1) is 0 Å². The summed E-state index contributed by atoms with van der Waals surface area (Å²) in [6.07, 6.45) is 2.53. The van der Waals surface area contributed by atoms with Gasteiger partial charge in [-0.1, -0.05) is 60.7 Å². The van der Waals surface area contributed by atoms with Crippen LogP contribution in [-0.2, 0) is 6.54 Å². The molecule has 110 valence electrons. The molecule has 1 fully saturated rings. The van der Waals surface area contributed by atoms with Crippen molar-refractivity contribution in [2.45, 2.75) is 51.2 Å². The summed E-state index contributed by atoms with van der Waals surface area (Å²) in [6.45, 7) is 5.84. The van der Waals surface area contributed by atoms with Gasteiger partial charge in [-0.2, -0.15) is 0 Å². The average Bonchev–Trinajstić information content (AvgIpc) is 2.52. The second kappa shape index (κ2) is 6.44. The van der Waals surface area contributed by atoms with Crippen LogP contribution in [0.15, 0.2) is 60.7 Å². The van der Waals surface area contributed by atoms with Gasteiger partial charge in [0.05, 0.1) is 0 Å². The van der Waals surface area contributed by atoms with Crippen LogP contribution in [0.2, 0.25) is 0 Å². The van der Waals surface area contributed by atoms with Gasteiger partial charge in [-0.25, -0.2) is 0 Å². The van der Waals surface area contributed by atoms with Crippen LogP contribution < -0.4 is 0 Å². The molecule has 2 aromatic rings. The van der Waals surface area contributed by atoms with E-state index in [0.29, 0.717) is 18.0 Å². The number of nitrogens with zero attached hydrogens (tertiary/aromatic N) is 1. The fraction of sp³-hybridized carbons (Fsp3) is 0.400. The molecular formula is C20H25N. The van der Waals surface area contributed by atoms with Crippen molar-refractivity contribution in [2.24, 2.45) is 0 Å². The van der Waals surface area contributed by atoms with Gasteiger partial charge in [-0.3, -0.25) is 4.90 Å². The average molecular weight is 279 g/mol. The Labute approximate surface area is 128 Å². The standard InChI is InChI=1S/C20H25N/c1-16-13-20(19-11-7-4-8-12-19)14-17(2)21(16)15-18-9-5-3-6-10-18/h3-12,16-17,20H,13-15H2,1-2H3/t16-,17-/m0/s1. The van der Waals surface area contributed by atoms with E-state index in [1.807, 2.05) is 0 Å². The highest BCUT2D eigenvalue weighted by molar-refractivity contribution is 5.21. The SMILES string of the molecule is C[C@H]1CC(c2ccccc2)C[C@H](C)N1Cc1ccccc1. The molecule has 0 bridgehead atoms. The second-order valence-electron chi connectivity index (χ2n) is 6.43. The molecule has 0 aliphatic carbocycles. The van der Waals surface area contributed by atoms with Gasteiger partial charge in [0.15, 0.2) is 0 Å². The van der Waals surface area contributed by atoms with Crippen molar-refractivity contribution >= 4 is 0 Å². The van der Waals surface area contributed by atoms with Crippen molar-refractivity contribution in [3.05, 3.63) is 71.8 Å². The van der Waals surface area contributed by atoms with Gasteiger partial charge in [0.2, 0.25) is 0 Å². The molecule has 0 saturated carbocycles. The summed E-state index contributed by atoms with van der Waals surface area (Å²) in [7, 11) is 0. The molecule has 2 aromatic carbocycles. The molecule has 0 N–H and O–H groups in total. The molecule has 1 saturated heterocycles. The summed E-state index contributed by atoms with van der Waals surface area (Å²) in [4.78, 5) is 2.66. The van der Waals surface area contributed by atoms with E-state index in [2.05, 4.69) is 79.4 Å². The maximum atomic E-state index is 2.66. The number of rotatable bonds is 3. The zero-order valence-electron chi connectivity index (χ0n) is 13.1. The van der Waals surface area contributed by atoms with Crippen LogP contribution >= 0.6 is 0 Å². The number of hydrogen-bond acceptors (Lipinski definition) is 1. The first-order valence-corrected chi connectivity index (χ1v) is 8.08. The Morgan fingerprint density at radius 1 is 0.810 bits per heavy atom. The lowest BCUT2D eigenvalue weighted by Gasteiger charge is -2.43. The van der Waals surface area contributed by atoms with Crippen molar-refractivity contribution < 1.29 is 0 Å². The van der Waals surface area contributed by atoms with Crippen LogP contribution in [0.4, 0.5) is 0 Å². The second-order valence-corrected chi connectivity index (χ2v) is 6.43. The minimum atomic E-state index is 0.638. The lowest BCUT2D eigenvalue weighted by molar-refractivity contribution is 0.0829. The molecule has 1 heterocycles. The Morgan fingerprint density at radius 3 is 1.90 bits per heavy atom. The van der Waals surface area contributed by atoms with E-state index in [1.54, 1.807) is 0 Å². The number of hydrogen-bond donors (Lipinski definition) is 0. The smallest absolute Gasteiger partial charge is 0.0239 e. The first kappa shape index (κ1) is 14.3. The highest BCUT2D eigenvalue weighted by Gasteiger charge is 2.31. The summed E-state index contributed by atoms with van der Waals surface area (Å²) in [5, 5.41) is 0. The molecule has 1 aliphatic heterocycles. The predicted octanol–water partition coefficient (Wildman–Crippen LogP) is 4.84. The van der Waals surface area contributed by atoms with Crippen LogP contribution in [0.1, 0.15) is 43.7 Å². The summed E-state index contributed by atoms with van der Waals surface area (Å²) in [5.41, 5.74) is 2.94. The Hall–Kier alpha value is -1.60. The van der Waals surface area contributed by atoms with Gasteiger partial charge in [-0.05, 0) is 43.7 Å². The van der Waals surface area contributed by atoms with Crippen molar-refractivity contribution in [1.29, 1.82) is 0 Å². The van der Waals surface area contributed by atoms with E-state index in [0.717, 1.165) is 6.54 Å². The third-order valence-corrected chi connectivity index (χ3v) is 4.86. The van der Waals surface area contributed by atoms with Crippen molar-refractivity contribution in [3.63, 3.8) is 0 Å². The first-order valence-electron chi connectivity index (χ1n) is 8.08. The quantitative estimate of drug-likeness (QED) is 0.777. The maximum Gasteiger partial charge on any atom is 0.0239 e. The lowest BCUT2D eigenvalue weighted by atomic mass is 9.82. The van der Waals surface area contributed by atoms with Gasteiger partial charge < -0.3 is 0 Å². The summed E-state index contributed by atoms with van der Waals surface area (Å²) in [6, 6.07) is 23.2. The minimum Gasteiger partial charge on any atom is -0.294 e. The molecule has 0 aromatic heterocycles. The fourth-order valence-corrected chi connectivity index (χ4v) is 3.73. The van der Waals surface area contributed by atoms with Gasteiger partial charge in [0, 0.05) is 18.6 Å². The monoisotopic (exact) mass is 279 g/mol. The third kappa shape index (κ3) is 3.36. The largest absolute Gasteiger partial charge is 0.294 e. The van der Waals surface area contributed by atoms with Crippen LogP contribution in [0.25, 0.3) is 0 Å². The molecule has 0 radical (unpaired) electrons. The zero-order valence-corrected chi connectivity index (χ0v) is 13.1. The van der Waals surface area contributed by atoms with Crippen LogP contribution in [0, 0.1) is 0 Å². The van der Waals surface area contributed by atoms with Gasteiger partial charge >= 0.3 is 0 Å². The molecule has 3 rings (SSSR count). The fourth-order valence-electron chi connectivity index (χ4n) is 3.73. The van der Waals surface area contributed by atoms with Crippen molar-refractivity contribution in [1.82, 2.24) is 4.90 Å². The highest BCUT2D eigenvalue weighted by Crippen LogP contribution is 2.35. The first-order chi connectivity index (χ1) is 10.2. The Bertz CT molecular complexity index is 537. The molecule has 1 aliphatic rings. The molecular weight excluding hydrogens is 254 g/mol. The van der Waals surface area contributed by atoms with E-state index < -0.39 is 0 Å². The van der Waals surface area contributed by atoms with E-state index in [4.69, 9.17) is 0 Å². The lowest BCUT2D eigenvalue weighted by Crippen LogP contribution is -2.45. The van der Waals surface area contributed by atoms with Crippen molar-refractivity contribution in [3.8, 4) is 0 Å². The Morgan fingerprint density at radius 2 is 1.33 bits per heavy atom. The predicted molar refractivity (Wildman–Crippen MR) is 89.3 cm³/mol. The molecule has 21 heavy (non-hydrogen) atoms. The Balaban J connectivity index is 1.70. The maximum absolute atomic E-state index is 2.66. The van der Waals surface area contributed by atoms with Crippen LogP contribution in [0.3, 0.4) is 0 Å². The summed E-state index contributed by atoms with van der Waals surface area (Å²) >= 11 is 0. The molecule has 0 spiro atoms. The molecule has 0 unspecified atom stereocenters. The van der Waals surface area contributed by atoms with Crippen LogP contribution in [-0.4, -0.2) is 17.0 Å². The van der Waals surface area contributed by atoms with E-state index >= 15 is 0 Å². The number of piperidine rings is 1. The molecule has 2 atom stereocenters. The summed E-state index contributed by atoms with van der Waals surface area (Å²) < 4.78 is 0. The number of likely N-dealkylation sites (tertiary alicyclic amines) is 1. The zero-order chi connectivity index (χ0) is 14.7. The van der Waals surface area contributed by atoms with Crippen molar-refractivity contribution in [2.75, 3.05) is 0 Å². The van der Waals surface area contributed by atoms with Gasteiger partial charge in [0.1, 0.15) is 0 Å².